The highest BCUT2D eigenvalue weighted by Crippen LogP contribution is 2.32. The van der Waals surface area contributed by atoms with E-state index in [-0.39, 0.29) is 17.9 Å². The minimum absolute atomic E-state index is 0.00750. The van der Waals surface area contributed by atoms with E-state index in [1.54, 1.807) is 24.0 Å². The molecule has 0 aromatic heterocycles. The molecule has 0 unspecified atom stereocenters. The fourth-order valence-electron chi connectivity index (χ4n) is 4.55. The second-order valence-corrected chi connectivity index (χ2v) is 7.93. The monoisotopic (exact) mass is 408 g/mol. The topological polar surface area (TPSA) is 59.1 Å². The Morgan fingerprint density at radius 3 is 2.17 bits per heavy atom. The van der Waals surface area contributed by atoms with E-state index in [0.29, 0.717) is 19.5 Å². The van der Waals surface area contributed by atoms with Crippen LogP contribution in [-0.2, 0) is 27.4 Å². The summed E-state index contributed by atoms with van der Waals surface area (Å²) in [7, 11) is 3.25. The van der Waals surface area contributed by atoms with Crippen molar-refractivity contribution in [3.8, 4) is 5.75 Å². The first-order chi connectivity index (χ1) is 14.6. The van der Waals surface area contributed by atoms with Gasteiger partial charge in [-0.15, -0.1) is 0 Å². The average molecular weight is 408 g/mol. The highest BCUT2D eigenvalue weighted by Gasteiger charge is 2.50. The number of hydrogen-bond donors (Lipinski definition) is 0. The number of methoxy groups -OCH3 is 2. The number of hydrogen-bond acceptors (Lipinski definition) is 4. The highest BCUT2D eigenvalue weighted by molar-refractivity contribution is 5.97. The van der Waals surface area contributed by atoms with Crippen LogP contribution in [0.2, 0.25) is 0 Å². The summed E-state index contributed by atoms with van der Waals surface area (Å²) in [5.41, 5.74) is 1.99. The quantitative estimate of drug-likeness (QED) is 0.737. The minimum atomic E-state index is -0.607. The van der Waals surface area contributed by atoms with Gasteiger partial charge in [0, 0.05) is 20.2 Å². The molecule has 0 aliphatic carbocycles. The largest absolute Gasteiger partial charge is 0.497 e. The van der Waals surface area contributed by atoms with Crippen molar-refractivity contribution in [1.29, 1.82) is 0 Å². The fraction of sp³-hybridized carbons (Fsp3) is 0.417. The molecular formula is C24H28N2O4. The minimum Gasteiger partial charge on any atom is -0.497 e. The summed E-state index contributed by atoms with van der Waals surface area (Å²) in [5, 5.41) is 0. The number of amides is 2. The molecule has 3 atom stereocenters. The fourth-order valence-corrected chi connectivity index (χ4v) is 4.55. The van der Waals surface area contributed by atoms with Crippen LogP contribution in [0.4, 0.5) is 0 Å². The molecule has 158 valence electrons. The molecule has 2 bridgehead atoms. The van der Waals surface area contributed by atoms with Gasteiger partial charge in [0.25, 0.3) is 0 Å². The zero-order valence-corrected chi connectivity index (χ0v) is 17.5. The van der Waals surface area contributed by atoms with Crippen LogP contribution in [0.15, 0.2) is 54.6 Å². The van der Waals surface area contributed by atoms with Crippen LogP contribution in [0.5, 0.6) is 5.75 Å². The van der Waals surface area contributed by atoms with Crippen molar-refractivity contribution < 1.29 is 19.1 Å². The molecule has 3 saturated heterocycles. The molecule has 3 aliphatic heterocycles. The Morgan fingerprint density at radius 2 is 1.50 bits per heavy atom. The van der Waals surface area contributed by atoms with Crippen molar-refractivity contribution in [3.05, 3.63) is 65.7 Å². The molecule has 0 saturated carbocycles. The van der Waals surface area contributed by atoms with Crippen LogP contribution in [0.25, 0.3) is 0 Å². The lowest BCUT2D eigenvalue weighted by Crippen LogP contribution is -2.68. The maximum Gasteiger partial charge on any atom is 0.249 e. The van der Waals surface area contributed by atoms with Gasteiger partial charge in [0.1, 0.15) is 17.8 Å². The third-order valence-corrected chi connectivity index (χ3v) is 6.15. The van der Waals surface area contributed by atoms with Crippen LogP contribution in [0.3, 0.4) is 0 Å². The Bertz CT molecular complexity index is 884. The smallest absolute Gasteiger partial charge is 0.249 e. The normalized spacial score (nSPS) is 24.0. The van der Waals surface area contributed by atoms with E-state index in [1.807, 2.05) is 54.6 Å². The summed E-state index contributed by atoms with van der Waals surface area (Å²) in [6.07, 6.45) is 1.98. The average Bonchev–Trinajstić information content (AvgIpc) is 2.77. The van der Waals surface area contributed by atoms with Gasteiger partial charge in [-0.1, -0.05) is 42.5 Å². The summed E-state index contributed by atoms with van der Waals surface area (Å²) in [5.74, 6) is 0.746. The standard InChI is InChI=1S/C24H28N2O4/c1-29-19-13-11-18(12-14-19)16-26-22-21(30-2)10-6-9-20(23(26)27)25(24(22)28)15-17-7-4-3-5-8-17/h3-5,7-8,11-14,20-22H,6,9-10,15-16H2,1-2H3/t20-,21+,22-/m0/s1. The Balaban J connectivity index is 1.65. The maximum absolute atomic E-state index is 13.6. The summed E-state index contributed by atoms with van der Waals surface area (Å²) in [6, 6.07) is 16.4. The second kappa shape index (κ2) is 8.88. The zero-order valence-electron chi connectivity index (χ0n) is 17.5. The highest BCUT2D eigenvalue weighted by atomic mass is 16.5. The molecule has 6 nitrogen and oxygen atoms in total. The molecule has 0 N–H and O–H groups in total. The lowest BCUT2D eigenvalue weighted by atomic mass is 9.89. The van der Waals surface area contributed by atoms with Gasteiger partial charge in [-0.2, -0.15) is 0 Å². The van der Waals surface area contributed by atoms with E-state index in [0.717, 1.165) is 29.7 Å². The van der Waals surface area contributed by atoms with Gasteiger partial charge in [-0.05, 0) is 42.5 Å². The number of nitrogens with zero attached hydrogens (tertiary/aromatic N) is 2. The summed E-state index contributed by atoms with van der Waals surface area (Å²) >= 11 is 0. The molecule has 6 heteroatoms. The van der Waals surface area contributed by atoms with Crippen molar-refractivity contribution in [2.24, 2.45) is 0 Å². The lowest BCUT2D eigenvalue weighted by molar-refractivity contribution is -0.172. The number of fused-ring (bicyclic) bond motifs is 5. The zero-order chi connectivity index (χ0) is 21.1. The Morgan fingerprint density at radius 1 is 0.833 bits per heavy atom. The maximum atomic E-state index is 13.6. The predicted octanol–water partition coefficient (Wildman–Crippen LogP) is 3.00. The molecule has 5 rings (SSSR count). The van der Waals surface area contributed by atoms with E-state index in [4.69, 9.17) is 9.47 Å². The van der Waals surface area contributed by atoms with Gasteiger partial charge in [-0.3, -0.25) is 9.59 Å². The molecule has 2 aromatic carbocycles. The predicted molar refractivity (Wildman–Crippen MR) is 113 cm³/mol. The van der Waals surface area contributed by atoms with Crippen molar-refractivity contribution >= 4 is 11.8 Å². The molecule has 0 spiro atoms. The van der Waals surface area contributed by atoms with Gasteiger partial charge in [-0.25, -0.2) is 0 Å². The first-order valence-electron chi connectivity index (χ1n) is 10.4. The first-order valence-corrected chi connectivity index (χ1v) is 10.4. The van der Waals surface area contributed by atoms with E-state index < -0.39 is 12.1 Å². The van der Waals surface area contributed by atoms with Crippen LogP contribution in [-0.4, -0.2) is 54.0 Å². The first kappa shape index (κ1) is 20.4. The van der Waals surface area contributed by atoms with Gasteiger partial charge in [0.2, 0.25) is 11.8 Å². The number of carbonyl (C=O) groups excluding carboxylic acids is 2. The van der Waals surface area contributed by atoms with E-state index >= 15 is 0 Å². The Kier molecular flexibility index (Phi) is 6.04. The molecule has 0 radical (unpaired) electrons. The van der Waals surface area contributed by atoms with Crippen molar-refractivity contribution in [3.63, 3.8) is 0 Å². The van der Waals surface area contributed by atoms with Gasteiger partial charge < -0.3 is 19.3 Å². The molecule has 3 aliphatic rings. The molecule has 3 fully saturated rings. The van der Waals surface area contributed by atoms with Crippen molar-refractivity contribution in [1.82, 2.24) is 9.80 Å². The van der Waals surface area contributed by atoms with Crippen LogP contribution < -0.4 is 4.74 Å². The number of ether oxygens (including phenoxy) is 2. The lowest BCUT2D eigenvalue weighted by Gasteiger charge is -2.49. The van der Waals surface area contributed by atoms with Gasteiger partial charge >= 0.3 is 0 Å². The number of rotatable bonds is 6. The Labute approximate surface area is 177 Å². The SMILES string of the molecule is COc1ccc(CN2C(=O)[C@@H]3CCC[C@@H](OC)[C@H]2C(=O)N3Cc2ccccc2)cc1. The van der Waals surface area contributed by atoms with Gasteiger partial charge in [0.15, 0.2) is 0 Å². The Hall–Kier alpha value is -2.86. The molecule has 30 heavy (non-hydrogen) atoms. The van der Waals surface area contributed by atoms with Crippen LogP contribution >= 0.6 is 0 Å². The molecular weight excluding hydrogens is 380 g/mol. The van der Waals surface area contributed by atoms with Gasteiger partial charge in [0.05, 0.1) is 13.2 Å². The third kappa shape index (κ3) is 3.92. The number of piperazine rings is 1. The summed E-state index contributed by atoms with van der Waals surface area (Å²) in [4.78, 5) is 30.6. The molecule has 2 aromatic rings. The van der Waals surface area contributed by atoms with Crippen LogP contribution in [0, 0.1) is 0 Å². The second-order valence-electron chi connectivity index (χ2n) is 7.93. The molecule has 2 amide bonds. The number of carbonyl (C=O) groups is 2. The van der Waals surface area contributed by atoms with E-state index in [2.05, 4.69) is 0 Å². The summed E-state index contributed by atoms with van der Waals surface area (Å²) in [6.45, 7) is 0.828. The summed E-state index contributed by atoms with van der Waals surface area (Å²) < 4.78 is 10.9. The molecule has 3 heterocycles. The third-order valence-electron chi connectivity index (χ3n) is 6.15. The van der Waals surface area contributed by atoms with E-state index in [9.17, 15) is 9.59 Å². The number of benzene rings is 2. The van der Waals surface area contributed by atoms with Crippen LogP contribution in [0.1, 0.15) is 30.4 Å². The van der Waals surface area contributed by atoms with E-state index in [1.165, 1.54) is 0 Å². The van der Waals surface area contributed by atoms with Crippen molar-refractivity contribution in [2.75, 3.05) is 14.2 Å². The van der Waals surface area contributed by atoms with Crippen molar-refractivity contribution in [2.45, 2.75) is 50.5 Å².